The zero-order valence-corrected chi connectivity index (χ0v) is 16.9. The average molecular weight is 410 g/mol. The molecule has 1 aromatic heterocycles. The summed E-state index contributed by atoms with van der Waals surface area (Å²) in [6.07, 6.45) is 5.92. The molecule has 1 unspecified atom stereocenters. The van der Waals surface area contributed by atoms with Crippen LogP contribution in [0.1, 0.15) is 49.6 Å². The van der Waals surface area contributed by atoms with E-state index in [-0.39, 0.29) is 17.9 Å². The quantitative estimate of drug-likeness (QED) is 0.594. The summed E-state index contributed by atoms with van der Waals surface area (Å²) in [6, 6.07) is 17.0. The minimum absolute atomic E-state index is 0.0670. The average Bonchev–Trinajstić information content (AvgIpc) is 3.25. The van der Waals surface area contributed by atoms with E-state index in [0.29, 0.717) is 23.2 Å². The number of nitrogens with zero attached hydrogens (tertiary/aromatic N) is 2. The van der Waals surface area contributed by atoms with Crippen molar-refractivity contribution in [2.24, 2.45) is 5.92 Å². The molecule has 1 atom stereocenters. The molecule has 0 aliphatic heterocycles. The van der Waals surface area contributed by atoms with Gasteiger partial charge in [-0.25, -0.2) is 0 Å². The first kappa shape index (κ1) is 19.6. The summed E-state index contributed by atoms with van der Waals surface area (Å²) >= 11 is 6.08. The van der Waals surface area contributed by atoms with Gasteiger partial charge in [-0.05, 0) is 30.5 Å². The lowest BCUT2D eigenvalue weighted by molar-refractivity contribution is -0.126. The number of amides is 1. The molecule has 4 rings (SSSR count). The van der Waals surface area contributed by atoms with Gasteiger partial charge >= 0.3 is 0 Å². The fourth-order valence-electron chi connectivity index (χ4n) is 3.83. The van der Waals surface area contributed by atoms with Crippen LogP contribution in [0.15, 0.2) is 59.1 Å². The third kappa shape index (κ3) is 5.04. The van der Waals surface area contributed by atoms with Gasteiger partial charge in [-0.1, -0.05) is 78.5 Å². The summed E-state index contributed by atoms with van der Waals surface area (Å²) in [6.45, 7) is 0. The van der Waals surface area contributed by atoms with E-state index in [2.05, 4.69) is 15.5 Å². The Morgan fingerprint density at radius 1 is 1.10 bits per heavy atom. The molecule has 0 saturated heterocycles. The van der Waals surface area contributed by atoms with Crippen LogP contribution < -0.4 is 5.32 Å². The van der Waals surface area contributed by atoms with Crippen LogP contribution in [-0.4, -0.2) is 16.0 Å². The molecule has 6 heteroatoms. The highest BCUT2D eigenvalue weighted by molar-refractivity contribution is 6.30. The van der Waals surface area contributed by atoms with Crippen molar-refractivity contribution >= 4 is 17.5 Å². The lowest BCUT2D eigenvalue weighted by Crippen LogP contribution is -2.36. The normalized spacial score (nSPS) is 15.8. The van der Waals surface area contributed by atoms with E-state index in [1.54, 1.807) is 12.1 Å². The molecule has 1 saturated carbocycles. The highest BCUT2D eigenvalue weighted by Crippen LogP contribution is 2.27. The molecule has 1 aliphatic carbocycles. The third-order valence-electron chi connectivity index (χ3n) is 5.40. The van der Waals surface area contributed by atoms with Crippen LogP contribution in [0.5, 0.6) is 0 Å². The van der Waals surface area contributed by atoms with Gasteiger partial charge in [0, 0.05) is 22.9 Å². The zero-order valence-electron chi connectivity index (χ0n) is 16.2. The Morgan fingerprint density at radius 3 is 2.66 bits per heavy atom. The second-order valence-electron chi connectivity index (χ2n) is 7.55. The van der Waals surface area contributed by atoms with Crippen molar-refractivity contribution in [2.45, 2.75) is 44.6 Å². The molecule has 1 heterocycles. The lowest BCUT2D eigenvalue weighted by Gasteiger charge is -2.23. The maximum absolute atomic E-state index is 12.9. The number of aromatic nitrogens is 2. The first-order chi connectivity index (χ1) is 14.2. The lowest BCUT2D eigenvalue weighted by atomic mass is 9.88. The molecular formula is C23H24ClN3O2. The van der Waals surface area contributed by atoms with Crippen molar-refractivity contribution in [3.05, 3.63) is 71.1 Å². The standard InChI is InChI=1S/C23H24ClN3O2/c24-19-13-7-12-18(15-19)21-26-23(29-27-21)20(14-16-8-3-1-4-9-16)25-22(28)17-10-5-2-6-11-17/h1,3-4,7-9,12-13,15,17,20H,2,5-6,10-11,14H2,(H,25,28). The smallest absolute Gasteiger partial charge is 0.249 e. The number of carbonyl (C=O) groups excluding carboxylic acids is 1. The van der Waals surface area contributed by atoms with Crippen LogP contribution in [0.25, 0.3) is 11.4 Å². The summed E-state index contributed by atoms with van der Waals surface area (Å²) < 4.78 is 5.56. The molecular weight excluding hydrogens is 386 g/mol. The number of nitrogens with one attached hydrogen (secondary N) is 1. The first-order valence-corrected chi connectivity index (χ1v) is 10.5. The van der Waals surface area contributed by atoms with Crippen LogP contribution in [0.2, 0.25) is 5.02 Å². The Kier molecular flexibility index (Phi) is 6.25. The molecule has 1 amide bonds. The molecule has 5 nitrogen and oxygen atoms in total. The van der Waals surface area contributed by atoms with Gasteiger partial charge in [0.05, 0.1) is 0 Å². The number of hydrogen-bond donors (Lipinski definition) is 1. The van der Waals surface area contributed by atoms with E-state index >= 15 is 0 Å². The SMILES string of the molecule is O=C(NC(Cc1ccccc1)c1nc(-c2cccc(Cl)c2)no1)C1CCCCC1. The topological polar surface area (TPSA) is 68.0 Å². The van der Waals surface area contributed by atoms with E-state index in [4.69, 9.17) is 16.1 Å². The van der Waals surface area contributed by atoms with E-state index < -0.39 is 0 Å². The van der Waals surface area contributed by atoms with Crippen molar-refractivity contribution in [1.29, 1.82) is 0 Å². The Bertz CT molecular complexity index is 952. The Hall–Kier alpha value is -2.66. The van der Waals surface area contributed by atoms with Gasteiger partial charge in [-0.3, -0.25) is 4.79 Å². The largest absolute Gasteiger partial charge is 0.344 e. The van der Waals surface area contributed by atoms with Gasteiger partial charge in [0.15, 0.2) is 0 Å². The van der Waals surface area contributed by atoms with Crippen LogP contribution in [0, 0.1) is 5.92 Å². The van der Waals surface area contributed by atoms with E-state index in [1.807, 2.05) is 42.5 Å². The number of halogens is 1. The summed E-state index contributed by atoms with van der Waals surface area (Å²) in [7, 11) is 0. The monoisotopic (exact) mass is 409 g/mol. The number of carbonyl (C=O) groups is 1. The molecule has 150 valence electrons. The number of benzene rings is 2. The Morgan fingerprint density at radius 2 is 1.90 bits per heavy atom. The highest BCUT2D eigenvalue weighted by Gasteiger charge is 2.27. The molecule has 2 aromatic carbocycles. The van der Waals surface area contributed by atoms with Gasteiger partial charge in [0.2, 0.25) is 17.6 Å². The molecule has 3 aromatic rings. The van der Waals surface area contributed by atoms with Gasteiger partial charge in [0.25, 0.3) is 0 Å². The van der Waals surface area contributed by atoms with Gasteiger partial charge in [0.1, 0.15) is 6.04 Å². The van der Waals surface area contributed by atoms with Crippen molar-refractivity contribution in [3.63, 3.8) is 0 Å². The van der Waals surface area contributed by atoms with Gasteiger partial charge < -0.3 is 9.84 Å². The number of hydrogen-bond acceptors (Lipinski definition) is 4. The summed E-state index contributed by atoms with van der Waals surface area (Å²) in [4.78, 5) is 17.4. The molecule has 0 spiro atoms. The molecule has 1 fully saturated rings. The third-order valence-corrected chi connectivity index (χ3v) is 5.63. The molecule has 1 aliphatic rings. The van der Waals surface area contributed by atoms with Crippen molar-refractivity contribution < 1.29 is 9.32 Å². The van der Waals surface area contributed by atoms with Crippen LogP contribution in [0.4, 0.5) is 0 Å². The van der Waals surface area contributed by atoms with Gasteiger partial charge in [-0.15, -0.1) is 0 Å². The molecule has 0 radical (unpaired) electrons. The zero-order chi connectivity index (χ0) is 20.1. The minimum atomic E-state index is -0.368. The van der Waals surface area contributed by atoms with Crippen LogP contribution in [-0.2, 0) is 11.2 Å². The number of rotatable bonds is 6. The molecule has 29 heavy (non-hydrogen) atoms. The van der Waals surface area contributed by atoms with E-state index in [9.17, 15) is 4.79 Å². The van der Waals surface area contributed by atoms with Crippen molar-refractivity contribution in [3.8, 4) is 11.4 Å². The maximum atomic E-state index is 12.9. The van der Waals surface area contributed by atoms with E-state index in [1.165, 1.54) is 6.42 Å². The minimum Gasteiger partial charge on any atom is -0.344 e. The predicted molar refractivity (Wildman–Crippen MR) is 112 cm³/mol. The summed E-state index contributed by atoms with van der Waals surface area (Å²) in [5, 5.41) is 7.89. The molecule has 1 N–H and O–H groups in total. The fourth-order valence-corrected chi connectivity index (χ4v) is 4.02. The first-order valence-electron chi connectivity index (χ1n) is 10.1. The van der Waals surface area contributed by atoms with E-state index in [0.717, 1.165) is 36.8 Å². The summed E-state index contributed by atoms with van der Waals surface area (Å²) in [5.74, 6) is 1.02. The van der Waals surface area contributed by atoms with Crippen LogP contribution >= 0.6 is 11.6 Å². The Balaban J connectivity index is 1.57. The maximum Gasteiger partial charge on any atom is 0.249 e. The second kappa shape index (κ2) is 9.23. The fraction of sp³-hybridized carbons (Fsp3) is 0.348. The highest BCUT2D eigenvalue weighted by atomic mass is 35.5. The van der Waals surface area contributed by atoms with Gasteiger partial charge in [-0.2, -0.15) is 4.98 Å². The molecule has 0 bridgehead atoms. The summed E-state index contributed by atoms with van der Waals surface area (Å²) in [5.41, 5.74) is 1.88. The van der Waals surface area contributed by atoms with Crippen molar-refractivity contribution in [1.82, 2.24) is 15.5 Å². The van der Waals surface area contributed by atoms with Crippen molar-refractivity contribution in [2.75, 3.05) is 0 Å². The predicted octanol–water partition coefficient (Wildman–Crippen LogP) is 5.37. The van der Waals surface area contributed by atoms with Crippen LogP contribution in [0.3, 0.4) is 0 Å². The Labute approximate surface area is 175 Å². The second-order valence-corrected chi connectivity index (χ2v) is 7.99.